The molecule has 10 heteroatoms. The molecule has 1 N–H and O–H groups in total. The molecule has 0 unspecified atom stereocenters. The fourth-order valence-corrected chi connectivity index (χ4v) is 4.76. The van der Waals surface area contributed by atoms with Gasteiger partial charge in [0.15, 0.2) is 11.6 Å². The second-order valence-corrected chi connectivity index (χ2v) is 8.06. The fraction of sp³-hybridized carbons (Fsp3) is 0.100. The number of aromatic amines is 1. The Hall–Kier alpha value is -2.42. The molecule has 0 bridgehead atoms. The third kappa shape index (κ3) is 3.59. The van der Waals surface area contributed by atoms with E-state index < -0.39 is 17.6 Å². The molecule has 30 heavy (non-hydrogen) atoms. The van der Waals surface area contributed by atoms with Crippen LogP contribution in [0.4, 0.5) is 17.6 Å². The van der Waals surface area contributed by atoms with Crippen molar-refractivity contribution in [2.24, 2.45) is 0 Å². The molecule has 0 saturated heterocycles. The summed E-state index contributed by atoms with van der Waals surface area (Å²) in [5, 5.41) is 8.18. The van der Waals surface area contributed by atoms with E-state index in [1.165, 1.54) is 36.4 Å². The first-order valence-electron chi connectivity index (χ1n) is 8.49. The monoisotopic (exact) mass is 471 g/mol. The van der Waals surface area contributed by atoms with Crippen molar-refractivity contribution >= 4 is 34.5 Å². The van der Waals surface area contributed by atoms with Gasteiger partial charge in [-0.1, -0.05) is 41.4 Å². The van der Waals surface area contributed by atoms with Crippen LogP contribution in [-0.4, -0.2) is 15.2 Å². The van der Waals surface area contributed by atoms with Crippen molar-refractivity contribution < 1.29 is 17.6 Å². The maximum Gasteiger partial charge on any atom is 0.418 e. The van der Waals surface area contributed by atoms with Gasteiger partial charge >= 0.3 is 6.18 Å². The van der Waals surface area contributed by atoms with Gasteiger partial charge in [0.25, 0.3) is 0 Å². The molecule has 0 radical (unpaired) electrons. The maximum atomic E-state index is 14.2. The highest BCUT2D eigenvalue weighted by Gasteiger charge is 2.37. The minimum atomic E-state index is -4.61. The highest BCUT2D eigenvalue weighted by atomic mass is 35.5. The van der Waals surface area contributed by atoms with Gasteiger partial charge in [0.1, 0.15) is 5.82 Å². The van der Waals surface area contributed by atoms with E-state index in [-0.39, 0.29) is 32.8 Å². The second kappa shape index (κ2) is 7.68. The van der Waals surface area contributed by atoms with Crippen LogP contribution in [0.25, 0.3) is 33.2 Å². The molecule has 0 saturated carbocycles. The summed E-state index contributed by atoms with van der Waals surface area (Å²) < 4.78 is 54.9. The van der Waals surface area contributed by atoms with Gasteiger partial charge < -0.3 is 0 Å². The predicted octanol–water partition coefficient (Wildman–Crippen LogP) is 7.64. The molecule has 0 fully saturated rings. The van der Waals surface area contributed by atoms with Crippen molar-refractivity contribution in [1.29, 1.82) is 0 Å². The molecule has 0 spiro atoms. The van der Waals surface area contributed by atoms with Crippen molar-refractivity contribution in [2.45, 2.75) is 13.1 Å². The fourth-order valence-electron chi connectivity index (χ4n) is 3.12. The highest BCUT2D eigenvalue weighted by Crippen LogP contribution is 2.45. The summed E-state index contributed by atoms with van der Waals surface area (Å²) in [5.41, 5.74) is 0.241. The molecule has 4 aromatic rings. The molecule has 0 aliphatic carbocycles. The zero-order valence-electron chi connectivity index (χ0n) is 15.1. The molecule has 3 nitrogen and oxygen atoms in total. The SMILES string of the molecule is Cc1c(-c2n[nH]c(-c3c(F)cccc3Cl)n2)csc1-c1cccc(Cl)c1C(F)(F)F. The number of rotatable bonds is 3. The molecule has 4 rings (SSSR count). The molecule has 0 atom stereocenters. The van der Waals surface area contributed by atoms with Crippen molar-refractivity contribution in [1.82, 2.24) is 15.2 Å². The van der Waals surface area contributed by atoms with Gasteiger partial charge in [-0.15, -0.1) is 11.3 Å². The molecule has 154 valence electrons. The smallest absolute Gasteiger partial charge is 0.259 e. The third-order valence-corrected chi connectivity index (χ3v) is 6.25. The van der Waals surface area contributed by atoms with Crippen LogP contribution in [0.1, 0.15) is 11.1 Å². The summed E-state index contributed by atoms with van der Waals surface area (Å²) in [4.78, 5) is 4.69. The lowest BCUT2D eigenvalue weighted by Gasteiger charge is -2.14. The summed E-state index contributed by atoms with van der Waals surface area (Å²) in [6.45, 7) is 1.67. The normalized spacial score (nSPS) is 11.8. The highest BCUT2D eigenvalue weighted by molar-refractivity contribution is 7.14. The van der Waals surface area contributed by atoms with E-state index >= 15 is 0 Å². The topological polar surface area (TPSA) is 41.6 Å². The number of halogens is 6. The number of nitrogens with zero attached hydrogens (tertiary/aromatic N) is 2. The average Bonchev–Trinajstić information content (AvgIpc) is 3.27. The van der Waals surface area contributed by atoms with E-state index in [1.807, 2.05) is 0 Å². The lowest BCUT2D eigenvalue weighted by Crippen LogP contribution is -2.08. The van der Waals surface area contributed by atoms with E-state index in [1.54, 1.807) is 12.3 Å². The third-order valence-electron chi connectivity index (χ3n) is 4.51. The molecular formula is C20H11Cl2F4N3S. The molecule has 0 amide bonds. The Kier molecular flexibility index (Phi) is 5.34. The van der Waals surface area contributed by atoms with Gasteiger partial charge in [-0.2, -0.15) is 18.3 Å². The first-order valence-corrected chi connectivity index (χ1v) is 10.1. The van der Waals surface area contributed by atoms with Gasteiger partial charge in [-0.3, -0.25) is 5.10 Å². The van der Waals surface area contributed by atoms with Crippen molar-refractivity contribution in [3.8, 4) is 33.2 Å². The quantitative estimate of drug-likeness (QED) is 0.312. The van der Waals surface area contributed by atoms with Crippen LogP contribution in [0.15, 0.2) is 41.8 Å². The second-order valence-electron chi connectivity index (χ2n) is 6.37. The average molecular weight is 472 g/mol. The van der Waals surface area contributed by atoms with E-state index in [0.717, 1.165) is 11.3 Å². The van der Waals surface area contributed by atoms with Crippen LogP contribution in [0, 0.1) is 12.7 Å². The van der Waals surface area contributed by atoms with Gasteiger partial charge in [0.05, 0.1) is 21.2 Å². The first-order chi connectivity index (χ1) is 14.2. The molecule has 2 heterocycles. The Labute approximate surface area is 182 Å². The summed E-state index contributed by atoms with van der Waals surface area (Å²) in [7, 11) is 0. The Balaban J connectivity index is 1.80. The number of hydrogen-bond acceptors (Lipinski definition) is 3. The van der Waals surface area contributed by atoms with Crippen LogP contribution in [0.3, 0.4) is 0 Å². The van der Waals surface area contributed by atoms with Crippen molar-refractivity contribution in [3.63, 3.8) is 0 Å². The standard InChI is InChI=1S/C20H11Cl2F4N3S/c1-9-11(18-27-19(29-28-18)15-12(21)5-3-7-14(15)23)8-30-17(9)10-4-2-6-13(22)16(10)20(24,25)26/h2-8H,1H3,(H,27,28,29). The van der Waals surface area contributed by atoms with Crippen molar-refractivity contribution in [2.75, 3.05) is 0 Å². The molecular weight excluding hydrogens is 461 g/mol. The van der Waals surface area contributed by atoms with Gasteiger partial charge in [0.2, 0.25) is 0 Å². The number of aromatic nitrogens is 3. The summed E-state index contributed by atoms with van der Waals surface area (Å²) >= 11 is 13.0. The van der Waals surface area contributed by atoms with Crippen LogP contribution in [0.2, 0.25) is 10.0 Å². The number of benzene rings is 2. The number of alkyl halides is 3. The summed E-state index contributed by atoms with van der Waals surface area (Å²) in [6.07, 6.45) is -4.61. The zero-order chi connectivity index (χ0) is 21.6. The zero-order valence-corrected chi connectivity index (χ0v) is 17.4. The summed E-state index contributed by atoms with van der Waals surface area (Å²) in [6, 6.07) is 8.29. The lowest BCUT2D eigenvalue weighted by molar-refractivity contribution is -0.136. The van der Waals surface area contributed by atoms with Crippen LogP contribution >= 0.6 is 34.5 Å². The minimum Gasteiger partial charge on any atom is -0.259 e. The van der Waals surface area contributed by atoms with Gasteiger partial charge in [-0.05, 0) is 30.7 Å². The van der Waals surface area contributed by atoms with Crippen LogP contribution in [-0.2, 0) is 6.18 Å². The van der Waals surface area contributed by atoms with Crippen LogP contribution in [0.5, 0.6) is 0 Å². The van der Waals surface area contributed by atoms with E-state index in [0.29, 0.717) is 16.0 Å². The largest absolute Gasteiger partial charge is 0.418 e. The molecule has 2 aromatic heterocycles. The maximum absolute atomic E-state index is 14.2. The molecule has 2 aromatic carbocycles. The van der Waals surface area contributed by atoms with E-state index in [4.69, 9.17) is 23.2 Å². The number of nitrogens with one attached hydrogen (secondary N) is 1. The Morgan fingerprint density at radius 2 is 1.70 bits per heavy atom. The first kappa shape index (κ1) is 20.8. The van der Waals surface area contributed by atoms with E-state index in [9.17, 15) is 17.6 Å². The number of thiophene rings is 1. The van der Waals surface area contributed by atoms with E-state index in [2.05, 4.69) is 15.2 Å². The lowest BCUT2D eigenvalue weighted by atomic mass is 10.0. The Morgan fingerprint density at radius 1 is 1.00 bits per heavy atom. The van der Waals surface area contributed by atoms with Crippen molar-refractivity contribution in [3.05, 3.63) is 68.8 Å². The number of hydrogen-bond donors (Lipinski definition) is 1. The Morgan fingerprint density at radius 3 is 2.40 bits per heavy atom. The molecule has 0 aliphatic rings. The molecule has 0 aliphatic heterocycles. The minimum absolute atomic E-state index is 0.0170. The Bertz CT molecular complexity index is 1230. The van der Waals surface area contributed by atoms with Crippen LogP contribution < -0.4 is 0 Å². The predicted molar refractivity (Wildman–Crippen MR) is 110 cm³/mol. The summed E-state index contributed by atoms with van der Waals surface area (Å²) in [5.74, 6) is -0.222. The van der Waals surface area contributed by atoms with Gasteiger partial charge in [0, 0.05) is 21.4 Å². The number of H-pyrrole nitrogens is 1. The van der Waals surface area contributed by atoms with Gasteiger partial charge in [-0.25, -0.2) is 9.37 Å².